The molecule has 2 amide bonds. The van der Waals surface area contributed by atoms with Gasteiger partial charge in [-0.2, -0.15) is 0 Å². The number of aryl methyl sites for hydroxylation is 1. The summed E-state index contributed by atoms with van der Waals surface area (Å²) in [5.41, 5.74) is 3.02. The van der Waals surface area contributed by atoms with Gasteiger partial charge in [-0.15, -0.1) is 0 Å². The summed E-state index contributed by atoms with van der Waals surface area (Å²) >= 11 is 0. The number of carbonyl (C=O) groups excluding carboxylic acids is 2. The predicted molar refractivity (Wildman–Crippen MR) is 110 cm³/mol. The standard InChI is InChI=1S/C23H28N2O2/c1-17-9-15-21(16-10-17)25(3)23(27)19-13-11-18(12-14-19)22(26)24(2)20-7-5-4-6-8-20/h4-10,15-16,18-19H,11-14H2,1-3H3. The topological polar surface area (TPSA) is 40.6 Å². The van der Waals surface area contributed by atoms with Crippen LogP contribution in [0.5, 0.6) is 0 Å². The second-order valence-electron chi connectivity index (χ2n) is 7.51. The second-order valence-corrected chi connectivity index (χ2v) is 7.51. The molecule has 27 heavy (non-hydrogen) atoms. The first-order chi connectivity index (χ1) is 13.0. The number of carbonyl (C=O) groups is 2. The van der Waals surface area contributed by atoms with Crippen LogP contribution in [0.25, 0.3) is 0 Å². The molecule has 0 bridgehead atoms. The lowest BCUT2D eigenvalue weighted by molar-refractivity contribution is -0.127. The summed E-state index contributed by atoms with van der Waals surface area (Å²) < 4.78 is 0. The van der Waals surface area contributed by atoms with Crippen LogP contribution in [0, 0.1) is 18.8 Å². The molecule has 4 nitrogen and oxygen atoms in total. The highest BCUT2D eigenvalue weighted by Gasteiger charge is 2.33. The van der Waals surface area contributed by atoms with E-state index in [1.54, 1.807) is 9.80 Å². The van der Waals surface area contributed by atoms with Crippen molar-refractivity contribution in [3.63, 3.8) is 0 Å². The van der Waals surface area contributed by atoms with Crippen molar-refractivity contribution in [2.75, 3.05) is 23.9 Å². The Bertz CT molecular complexity index is 778. The van der Waals surface area contributed by atoms with Gasteiger partial charge in [0.25, 0.3) is 0 Å². The molecule has 4 heteroatoms. The van der Waals surface area contributed by atoms with Gasteiger partial charge in [-0.3, -0.25) is 9.59 Å². The molecule has 142 valence electrons. The predicted octanol–water partition coefficient (Wildman–Crippen LogP) is 4.43. The molecule has 0 aromatic heterocycles. The minimum Gasteiger partial charge on any atom is -0.315 e. The number of amides is 2. The second kappa shape index (κ2) is 8.38. The smallest absolute Gasteiger partial charge is 0.229 e. The Kier molecular flexibility index (Phi) is 5.94. The van der Waals surface area contributed by atoms with Crippen molar-refractivity contribution >= 4 is 23.2 Å². The average molecular weight is 364 g/mol. The third-order valence-electron chi connectivity index (χ3n) is 5.65. The van der Waals surface area contributed by atoms with Crippen LogP contribution < -0.4 is 9.80 Å². The van der Waals surface area contributed by atoms with Gasteiger partial charge in [-0.25, -0.2) is 0 Å². The zero-order valence-corrected chi connectivity index (χ0v) is 16.4. The first-order valence-corrected chi connectivity index (χ1v) is 9.64. The van der Waals surface area contributed by atoms with Gasteiger partial charge in [-0.05, 0) is 56.9 Å². The maximum absolute atomic E-state index is 12.8. The summed E-state index contributed by atoms with van der Waals surface area (Å²) in [6.07, 6.45) is 3.09. The average Bonchev–Trinajstić information content (AvgIpc) is 2.73. The van der Waals surface area contributed by atoms with Crippen LogP contribution >= 0.6 is 0 Å². The molecule has 2 aromatic carbocycles. The molecule has 2 aromatic rings. The van der Waals surface area contributed by atoms with Crippen molar-refractivity contribution in [2.45, 2.75) is 32.6 Å². The van der Waals surface area contributed by atoms with Crippen LogP contribution in [0.15, 0.2) is 54.6 Å². The quantitative estimate of drug-likeness (QED) is 0.805. The van der Waals surface area contributed by atoms with Crippen LogP contribution in [0.1, 0.15) is 31.2 Å². The summed E-state index contributed by atoms with van der Waals surface area (Å²) in [6, 6.07) is 17.7. The summed E-state index contributed by atoms with van der Waals surface area (Å²) in [6.45, 7) is 2.04. The summed E-state index contributed by atoms with van der Waals surface area (Å²) in [4.78, 5) is 29.1. The zero-order chi connectivity index (χ0) is 19.4. The number of para-hydroxylation sites is 1. The SMILES string of the molecule is Cc1ccc(N(C)C(=O)C2CCC(C(=O)N(C)c3ccccc3)CC2)cc1. The van der Waals surface area contributed by atoms with Gasteiger partial charge in [0.05, 0.1) is 0 Å². The van der Waals surface area contributed by atoms with Crippen LogP contribution in [-0.2, 0) is 9.59 Å². The van der Waals surface area contributed by atoms with Crippen LogP contribution in [-0.4, -0.2) is 25.9 Å². The van der Waals surface area contributed by atoms with Crippen LogP contribution in [0.4, 0.5) is 11.4 Å². The molecule has 0 unspecified atom stereocenters. The number of anilines is 2. The third kappa shape index (κ3) is 4.38. The van der Waals surface area contributed by atoms with Gasteiger partial charge >= 0.3 is 0 Å². The van der Waals surface area contributed by atoms with Crippen molar-refractivity contribution < 1.29 is 9.59 Å². The minimum absolute atomic E-state index is 0.00221. The Balaban J connectivity index is 1.57. The van der Waals surface area contributed by atoms with E-state index >= 15 is 0 Å². The number of benzene rings is 2. The highest BCUT2D eigenvalue weighted by atomic mass is 16.2. The maximum atomic E-state index is 12.8. The van der Waals surface area contributed by atoms with Gasteiger partial charge in [0.15, 0.2) is 0 Å². The number of hydrogen-bond acceptors (Lipinski definition) is 2. The summed E-state index contributed by atoms with van der Waals surface area (Å²) in [7, 11) is 3.67. The molecule has 0 aliphatic heterocycles. The molecular weight excluding hydrogens is 336 g/mol. The lowest BCUT2D eigenvalue weighted by Gasteiger charge is -2.32. The fraction of sp³-hybridized carbons (Fsp3) is 0.391. The normalized spacial score (nSPS) is 19.4. The molecule has 0 atom stereocenters. The Morgan fingerprint density at radius 3 is 1.56 bits per heavy atom. The number of hydrogen-bond donors (Lipinski definition) is 0. The van der Waals surface area contributed by atoms with E-state index in [9.17, 15) is 9.59 Å². The molecule has 0 saturated heterocycles. The maximum Gasteiger partial charge on any atom is 0.229 e. The van der Waals surface area contributed by atoms with Gasteiger partial charge in [0.1, 0.15) is 0 Å². The van der Waals surface area contributed by atoms with E-state index in [1.807, 2.05) is 75.6 Å². The van der Waals surface area contributed by atoms with E-state index in [2.05, 4.69) is 0 Å². The highest BCUT2D eigenvalue weighted by Crippen LogP contribution is 2.32. The molecule has 0 spiro atoms. The lowest BCUT2D eigenvalue weighted by Crippen LogP contribution is -2.39. The molecule has 0 radical (unpaired) electrons. The fourth-order valence-electron chi connectivity index (χ4n) is 3.81. The molecule has 1 aliphatic rings. The summed E-state index contributed by atoms with van der Waals surface area (Å²) in [5, 5.41) is 0. The first-order valence-electron chi connectivity index (χ1n) is 9.64. The highest BCUT2D eigenvalue weighted by molar-refractivity contribution is 5.96. The Labute approximate surface area is 161 Å². The molecular formula is C23H28N2O2. The Morgan fingerprint density at radius 2 is 1.11 bits per heavy atom. The third-order valence-corrected chi connectivity index (χ3v) is 5.65. The first kappa shape index (κ1) is 19.2. The van der Waals surface area contributed by atoms with Gasteiger partial charge in [0.2, 0.25) is 11.8 Å². The Morgan fingerprint density at radius 1 is 0.704 bits per heavy atom. The molecule has 1 saturated carbocycles. The van der Waals surface area contributed by atoms with Crippen LogP contribution in [0.3, 0.4) is 0 Å². The Hall–Kier alpha value is -2.62. The van der Waals surface area contributed by atoms with E-state index in [4.69, 9.17) is 0 Å². The van der Waals surface area contributed by atoms with Crippen LogP contribution in [0.2, 0.25) is 0 Å². The van der Waals surface area contributed by atoms with E-state index < -0.39 is 0 Å². The van der Waals surface area contributed by atoms with Crippen molar-refractivity contribution in [1.29, 1.82) is 0 Å². The summed E-state index contributed by atoms with van der Waals surface area (Å²) in [5.74, 6) is 0.312. The van der Waals surface area contributed by atoms with E-state index in [-0.39, 0.29) is 23.7 Å². The molecule has 1 fully saturated rings. The molecule has 1 aliphatic carbocycles. The van der Waals surface area contributed by atoms with Gasteiger partial charge in [-0.1, -0.05) is 35.9 Å². The number of rotatable bonds is 4. The van der Waals surface area contributed by atoms with Crippen molar-refractivity contribution in [3.05, 3.63) is 60.2 Å². The molecule has 0 heterocycles. The van der Waals surface area contributed by atoms with E-state index in [1.165, 1.54) is 5.56 Å². The fourth-order valence-corrected chi connectivity index (χ4v) is 3.81. The van der Waals surface area contributed by atoms with Crippen molar-refractivity contribution in [2.24, 2.45) is 11.8 Å². The lowest BCUT2D eigenvalue weighted by atomic mass is 9.80. The zero-order valence-electron chi connectivity index (χ0n) is 16.4. The van der Waals surface area contributed by atoms with E-state index in [0.717, 1.165) is 37.1 Å². The minimum atomic E-state index is 0.00221. The number of nitrogens with zero attached hydrogens (tertiary/aromatic N) is 2. The van der Waals surface area contributed by atoms with E-state index in [0.29, 0.717) is 0 Å². The molecule has 0 N–H and O–H groups in total. The van der Waals surface area contributed by atoms with Crippen molar-refractivity contribution in [1.82, 2.24) is 0 Å². The largest absolute Gasteiger partial charge is 0.315 e. The van der Waals surface area contributed by atoms with Crippen molar-refractivity contribution in [3.8, 4) is 0 Å². The monoisotopic (exact) mass is 364 g/mol. The van der Waals surface area contributed by atoms with Gasteiger partial charge < -0.3 is 9.80 Å². The van der Waals surface area contributed by atoms with Gasteiger partial charge in [0, 0.05) is 37.3 Å². The molecule has 3 rings (SSSR count).